The van der Waals surface area contributed by atoms with Crippen LogP contribution in [0.15, 0.2) is 30.3 Å². The van der Waals surface area contributed by atoms with E-state index in [0.29, 0.717) is 0 Å². The number of piperazine rings is 1. The minimum Gasteiger partial charge on any atom is -0.308 e. The quantitative estimate of drug-likeness (QED) is 0.340. The van der Waals surface area contributed by atoms with E-state index in [1.165, 1.54) is 0 Å². The van der Waals surface area contributed by atoms with E-state index in [-0.39, 0.29) is 32.8 Å². The molecule has 11 heteroatoms. The predicted octanol–water partition coefficient (Wildman–Crippen LogP) is 4.73. The van der Waals surface area contributed by atoms with Crippen molar-refractivity contribution in [2.45, 2.75) is 45.6 Å². The van der Waals surface area contributed by atoms with Gasteiger partial charge in [-0.1, -0.05) is 30.3 Å². The van der Waals surface area contributed by atoms with Gasteiger partial charge in [0, 0.05) is 26.2 Å². The maximum atomic E-state index is 14.0. The van der Waals surface area contributed by atoms with Crippen molar-refractivity contribution in [3.8, 4) is 0 Å². The van der Waals surface area contributed by atoms with Crippen LogP contribution in [-0.2, 0) is 27.2 Å². The highest BCUT2D eigenvalue weighted by atomic mass is 31.2. The number of nitrogens with one attached hydrogen (secondary N) is 1. The van der Waals surface area contributed by atoms with E-state index in [0.717, 1.165) is 31.7 Å². The number of nitrogens with zero attached hydrogens (tertiary/aromatic N) is 2. The average molecular weight is 506 g/mol. The van der Waals surface area contributed by atoms with Gasteiger partial charge in [0.1, 0.15) is 5.78 Å². The molecule has 0 aliphatic carbocycles. The smallest absolute Gasteiger partial charge is 0.308 e. The third-order valence-corrected chi connectivity index (χ3v) is 10.3. The van der Waals surface area contributed by atoms with Gasteiger partial charge in [-0.25, -0.2) is 10.4 Å². The Balaban J connectivity index is 2.46. The minimum atomic E-state index is -3.59. The van der Waals surface area contributed by atoms with Crippen LogP contribution < -0.4 is 5.43 Å². The van der Waals surface area contributed by atoms with Crippen LogP contribution in [0.4, 0.5) is 0 Å². The summed E-state index contributed by atoms with van der Waals surface area (Å²) in [6, 6.07) is 9.47. The molecule has 1 aromatic rings. The summed E-state index contributed by atoms with van der Waals surface area (Å²) < 4.78 is 50.8. The molecule has 1 saturated heterocycles. The van der Waals surface area contributed by atoms with Gasteiger partial charge in [-0.2, -0.15) is 0 Å². The summed E-state index contributed by atoms with van der Waals surface area (Å²) in [5.41, 5.74) is 3.56. The lowest BCUT2D eigenvalue weighted by molar-refractivity contribution is 0.0870. The van der Waals surface area contributed by atoms with Crippen molar-refractivity contribution >= 4 is 15.2 Å². The largest absolute Gasteiger partial charge is 0.348 e. The fourth-order valence-electron chi connectivity index (χ4n) is 3.89. The number of likely N-dealkylation sites (N-methyl/N-ethyl adjacent to an activating group) is 1. The normalized spacial score (nSPS) is 18.3. The number of hydrogen-bond donors (Lipinski definition) is 1. The van der Waals surface area contributed by atoms with E-state index >= 15 is 0 Å². The van der Waals surface area contributed by atoms with E-state index < -0.39 is 26.6 Å². The van der Waals surface area contributed by atoms with Crippen LogP contribution in [0.1, 0.15) is 45.3 Å². The van der Waals surface area contributed by atoms with E-state index in [1.807, 2.05) is 35.3 Å². The first-order valence-electron chi connectivity index (χ1n) is 11.8. The minimum absolute atomic E-state index is 0.199. The topological polar surface area (TPSA) is 89.6 Å². The Morgan fingerprint density at radius 2 is 1.30 bits per heavy atom. The average Bonchev–Trinajstić information content (AvgIpc) is 2.79. The maximum Gasteiger partial charge on any atom is 0.348 e. The predicted molar refractivity (Wildman–Crippen MR) is 132 cm³/mol. The molecule has 1 aliphatic rings. The Hall–Kier alpha value is -0.600. The van der Waals surface area contributed by atoms with Gasteiger partial charge in [-0.15, -0.1) is 0 Å². The maximum absolute atomic E-state index is 14.0. The molecule has 1 heterocycles. The summed E-state index contributed by atoms with van der Waals surface area (Å²) >= 11 is 0. The third kappa shape index (κ3) is 8.24. The molecular formula is C22H41N3O6P2. The molecule has 1 aromatic carbocycles. The lowest BCUT2D eigenvalue weighted by Gasteiger charge is -2.38. The Morgan fingerprint density at radius 1 is 0.818 bits per heavy atom. The van der Waals surface area contributed by atoms with Crippen molar-refractivity contribution in [3.05, 3.63) is 35.9 Å². The fourth-order valence-corrected chi connectivity index (χ4v) is 8.14. The SMILES string of the molecule is CCOP(=O)(OCC)C(CC(c1ccccc1)P(=O)(OCC)OCC)NN1CCN(C)CC1. The van der Waals surface area contributed by atoms with E-state index in [1.54, 1.807) is 27.7 Å². The second-order valence-electron chi connectivity index (χ2n) is 7.85. The number of hydrazine groups is 1. The first-order chi connectivity index (χ1) is 15.8. The molecule has 1 aliphatic heterocycles. The molecule has 1 N–H and O–H groups in total. The number of rotatable bonds is 15. The van der Waals surface area contributed by atoms with E-state index in [4.69, 9.17) is 18.1 Å². The summed E-state index contributed by atoms with van der Waals surface area (Å²) in [5.74, 6) is -0.722. The molecule has 190 valence electrons. The van der Waals surface area contributed by atoms with Crippen molar-refractivity contribution in [1.29, 1.82) is 0 Å². The van der Waals surface area contributed by atoms with Gasteiger partial charge < -0.3 is 23.0 Å². The molecule has 0 radical (unpaired) electrons. The molecule has 9 nitrogen and oxygen atoms in total. The Labute approximate surface area is 199 Å². The Bertz CT molecular complexity index is 757. The summed E-state index contributed by atoms with van der Waals surface area (Å²) in [5, 5.41) is 2.05. The highest BCUT2D eigenvalue weighted by Crippen LogP contribution is 2.65. The monoisotopic (exact) mass is 505 g/mol. The standard InChI is InChI=1S/C22H41N3O6P2/c1-6-28-32(26,29-7-2)21(20-13-11-10-12-14-20)19-22(33(27,30-8-3)31-9-4)23-25-17-15-24(5)16-18-25/h10-14,21-23H,6-9,15-19H2,1-5H3. The highest BCUT2D eigenvalue weighted by molar-refractivity contribution is 7.55. The van der Waals surface area contributed by atoms with Crippen molar-refractivity contribution in [1.82, 2.24) is 15.3 Å². The van der Waals surface area contributed by atoms with Crippen LogP contribution in [0, 0.1) is 0 Å². The van der Waals surface area contributed by atoms with Crippen LogP contribution in [0.25, 0.3) is 0 Å². The summed E-state index contributed by atoms with van der Waals surface area (Å²) in [4.78, 5) is 2.24. The van der Waals surface area contributed by atoms with Gasteiger partial charge in [-0.05, 0) is 46.7 Å². The molecule has 33 heavy (non-hydrogen) atoms. The van der Waals surface area contributed by atoms with Gasteiger partial charge >= 0.3 is 15.2 Å². The zero-order chi connectivity index (χ0) is 24.3. The Morgan fingerprint density at radius 3 is 1.79 bits per heavy atom. The van der Waals surface area contributed by atoms with Crippen LogP contribution in [0.5, 0.6) is 0 Å². The lowest BCUT2D eigenvalue weighted by atomic mass is 10.1. The molecule has 2 unspecified atom stereocenters. The van der Waals surface area contributed by atoms with Crippen molar-refractivity contribution < 1.29 is 27.2 Å². The van der Waals surface area contributed by atoms with Crippen molar-refractivity contribution in [2.24, 2.45) is 0 Å². The van der Waals surface area contributed by atoms with Gasteiger partial charge in [0.25, 0.3) is 0 Å². The van der Waals surface area contributed by atoms with Gasteiger partial charge in [-0.3, -0.25) is 9.13 Å². The van der Waals surface area contributed by atoms with Crippen molar-refractivity contribution in [2.75, 3.05) is 59.7 Å². The highest BCUT2D eigenvalue weighted by Gasteiger charge is 2.45. The van der Waals surface area contributed by atoms with Gasteiger partial charge in [0.2, 0.25) is 0 Å². The Kier molecular flexibility index (Phi) is 12.2. The summed E-state index contributed by atoms with van der Waals surface area (Å²) in [7, 11) is -5.09. The second-order valence-corrected chi connectivity index (χ2v) is 12.3. The third-order valence-electron chi connectivity index (χ3n) is 5.47. The molecule has 0 bridgehead atoms. The number of hydrogen-bond acceptors (Lipinski definition) is 9. The molecule has 0 amide bonds. The van der Waals surface area contributed by atoms with E-state index in [9.17, 15) is 9.13 Å². The molecule has 0 spiro atoms. The summed E-state index contributed by atoms with van der Waals surface area (Å²) in [6.07, 6.45) is 0.199. The van der Waals surface area contributed by atoms with Crippen LogP contribution in [0.3, 0.4) is 0 Å². The zero-order valence-corrected chi connectivity index (χ0v) is 22.4. The van der Waals surface area contributed by atoms with E-state index in [2.05, 4.69) is 17.4 Å². The fraction of sp³-hybridized carbons (Fsp3) is 0.727. The first-order valence-corrected chi connectivity index (χ1v) is 15.1. The molecule has 2 rings (SSSR count). The van der Waals surface area contributed by atoms with Crippen LogP contribution >= 0.6 is 15.2 Å². The molecule has 0 saturated carbocycles. The van der Waals surface area contributed by atoms with Crippen LogP contribution in [0.2, 0.25) is 0 Å². The number of benzene rings is 1. The van der Waals surface area contributed by atoms with Gasteiger partial charge in [0.15, 0.2) is 0 Å². The molecule has 1 fully saturated rings. The zero-order valence-electron chi connectivity index (χ0n) is 20.6. The van der Waals surface area contributed by atoms with Crippen LogP contribution in [-0.4, -0.2) is 75.3 Å². The molecular weight excluding hydrogens is 464 g/mol. The second kappa shape index (κ2) is 14.1. The molecule has 0 aromatic heterocycles. The molecule has 2 atom stereocenters. The lowest BCUT2D eigenvalue weighted by Crippen LogP contribution is -2.54. The van der Waals surface area contributed by atoms with Crippen molar-refractivity contribution in [3.63, 3.8) is 0 Å². The first kappa shape index (κ1) is 28.6. The van der Waals surface area contributed by atoms with Gasteiger partial charge in [0.05, 0.1) is 32.1 Å². The summed E-state index contributed by atoms with van der Waals surface area (Å²) in [6.45, 7) is 11.4.